The van der Waals surface area contributed by atoms with E-state index in [2.05, 4.69) is 53.9 Å². The van der Waals surface area contributed by atoms with E-state index in [4.69, 9.17) is 9.47 Å². The lowest BCUT2D eigenvalue weighted by molar-refractivity contribution is -0.112. The predicted molar refractivity (Wildman–Crippen MR) is 139 cm³/mol. The van der Waals surface area contributed by atoms with Gasteiger partial charge in [0.15, 0.2) is 11.5 Å². The number of nitrogens with zero attached hydrogens (tertiary/aromatic N) is 1. The van der Waals surface area contributed by atoms with Crippen molar-refractivity contribution < 1.29 is 18.7 Å². The SMILES string of the molecule is CCOc1cc(/C=C(\C#N)C(=O)Nc2ccc(F)cc2)cc(I)c1OCc1ccc(C)c(C)c1. The average molecular weight is 570 g/mol. The lowest BCUT2D eigenvalue weighted by Crippen LogP contribution is -2.13. The van der Waals surface area contributed by atoms with Crippen LogP contribution in [0.5, 0.6) is 11.5 Å². The molecule has 3 rings (SSSR count). The van der Waals surface area contributed by atoms with E-state index in [0.717, 1.165) is 9.13 Å². The van der Waals surface area contributed by atoms with Crippen molar-refractivity contribution in [1.82, 2.24) is 0 Å². The maximum atomic E-state index is 13.1. The minimum atomic E-state index is -0.586. The van der Waals surface area contributed by atoms with Crippen molar-refractivity contribution in [1.29, 1.82) is 5.26 Å². The van der Waals surface area contributed by atoms with Crippen molar-refractivity contribution in [3.8, 4) is 17.6 Å². The van der Waals surface area contributed by atoms with Gasteiger partial charge in [-0.05, 0) is 108 Å². The maximum absolute atomic E-state index is 13.1. The van der Waals surface area contributed by atoms with Gasteiger partial charge >= 0.3 is 0 Å². The molecule has 3 aromatic carbocycles. The largest absolute Gasteiger partial charge is 0.490 e. The maximum Gasteiger partial charge on any atom is 0.266 e. The number of carbonyl (C=O) groups is 1. The van der Waals surface area contributed by atoms with Gasteiger partial charge in [-0.3, -0.25) is 4.79 Å². The molecule has 0 unspecified atom stereocenters. The number of halogens is 2. The molecule has 0 fully saturated rings. The highest BCUT2D eigenvalue weighted by Crippen LogP contribution is 2.35. The lowest BCUT2D eigenvalue weighted by Gasteiger charge is -2.15. The zero-order chi connectivity index (χ0) is 24.7. The second-order valence-electron chi connectivity index (χ2n) is 7.60. The highest BCUT2D eigenvalue weighted by atomic mass is 127. The Morgan fingerprint density at radius 2 is 1.82 bits per heavy atom. The Bertz CT molecular complexity index is 1260. The normalized spacial score (nSPS) is 11.0. The molecular weight excluding hydrogens is 546 g/mol. The van der Waals surface area contributed by atoms with Gasteiger partial charge in [0, 0.05) is 5.69 Å². The fraction of sp³-hybridized carbons (Fsp3) is 0.185. The molecule has 0 bridgehead atoms. The number of anilines is 1. The monoisotopic (exact) mass is 570 g/mol. The van der Waals surface area contributed by atoms with Crippen LogP contribution in [0.2, 0.25) is 0 Å². The molecule has 0 saturated heterocycles. The molecule has 5 nitrogen and oxygen atoms in total. The Hall–Kier alpha value is -3.38. The second kappa shape index (κ2) is 11.7. The number of nitriles is 1. The van der Waals surface area contributed by atoms with E-state index in [1.54, 1.807) is 6.07 Å². The summed E-state index contributed by atoms with van der Waals surface area (Å²) in [5.74, 6) is 0.136. The van der Waals surface area contributed by atoms with Gasteiger partial charge in [-0.15, -0.1) is 0 Å². The summed E-state index contributed by atoms with van der Waals surface area (Å²) in [5.41, 5.74) is 4.40. The van der Waals surface area contributed by atoms with Crippen molar-refractivity contribution in [2.45, 2.75) is 27.4 Å². The number of amides is 1. The first-order valence-corrected chi connectivity index (χ1v) is 11.7. The van der Waals surface area contributed by atoms with Crippen LogP contribution in [0.4, 0.5) is 10.1 Å². The number of aryl methyl sites for hydroxylation is 2. The molecule has 0 atom stereocenters. The molecule has 0 spiro atoms. The molecule has 0 aliphatic carbocycles. The summed E-state index contributed by atoms with van der Waals surface area (Å²) in [7, 11) is 0. The van der Waals surface area contributed by atoms with Crippen molar-refractivity contribution in [2.24, 2.45) is 0 Å². The van der Waals surface area contributed by atoms with E-state index >= 15 is 0 Å². The number of rotatable bonds is 8. The zero-order valence-corrected chi connectivity index (χ0v) is 21.3. The van der Waals surface area contributed by atoms with Crippen molar-refractivity contribution in [3.05, 3.63) is 91.8 Å². The smallest absolute Gasteiger partial charge is 0.266 e. The highest BCUT2D eigenvalue weighted by Gasteiger charge is 2.15. The fourth-order valence-corrected chi connectivity index (χ4v) is 3.95. The molecule has 0 aliphatic heterocycles. The molecule has 3 aromatic rings. The molecule has 0 saturated carbocycles. The molecule has 7 heteroatoms. The van der Waals surface area contributed by atoms with Gasteiger partial charge in [0.25, 0.3) is 5.91 Å². The summed E-state index contributed by atoms with van der Waals surface area (Å²) in [6.07, 6.45) is 1.48. The Morgan fingerprint density at radius 3 is 2.47 bits per heavy atom. The minimum absolute atomic E-state index is 0.0913. The molecule has 0 radical (unpaired) electrons. The highest BCUT2D eigenvalue weighted by molar-refractivity contribution is 14.1. The first-order chi connectivity index (χ1) is 16.3. The van der Waals surface area contributed by atoms with Gasteiger partial charge in [-0.25, -0.2) is 4.39 Å². The van der Waals surface area contributed by atoms with Crippen molar-refractivity contribution in [3.63, 3.8) is 0 Å². The van der Waals surface area contributed by atoms with E-state index in [1.807, 2.05) is 25.1 Å². The summed E-state index contributed by atoms with van der Waals surface area (Å²) in [6.45, 7) is 6.82. The van der Waals surface area contributed by atoms with E-state index in [-0.39, 0.29) is 5.57 Å². The van der Waals surface area contributed by atoms with Gasteiger partial charge in [-0.2, -0.15) is 5.26 Å². The van der Waals surface area contributed by atoms with E-state index in [1.165, 1.54) is 41.5 Å². The number of hydrogen-bond donors (Lipinski definition) is 1. The van der Waals surface area contributed by atoms with Gasteiger partial charge in [0.05, 0.1) is 10.2 Å². The van der Waals surface area contributed by atoms with Crippen molar-refractivity contribution >= 4 is 40.3 Å². The Morgan fingerprint density at radius 1 is 1.09 bits per heavy atom. The number of benzene rings is 3. The van der Waals surface area contributed by atoms with Gasteiger partial charge in [-0.1, -0.05) is 18.2 Å². The van der Waals surface area contributed by atoms with Crippen LogP contribution in [-0.4, -0.2) is 12.5 Å². The molecule has 34 heavy (non-hydrogen) atoms. The van der Waals surface area contributed by atoms with E-state index in [0.29, 0.717) is 36.0 Å². The summed E-state index contributed by atoms with van der Waals surface area (Å²) in [6, 6.07) is 17.0. The molecule has 0 heterocycles. The Kier molecular flexibility index (Phi) is 8.66. The van der Waals surface area contributed by atoms with Crippen LogP contribution in [0.25, 0.3) is 6.08 Å². The summed E-state index contributed by atoms with van der Waals surface area (Å²) >= 11 is 2.15. The first kappa shape index (κ1) is 25.2. The van der Waals surface area contributed by atoms with Crippen LogP contribution in [0, 0.1) is 34.6 Å². The summed E-state index contributed by atoms with van der Waals surface area (Å²) in [4.78, 5) is 12.6. The van der Waals surface area contributed by atoms with Crippen molar-refractivity contribution in [2.75, 3.05) is 11.9 Å². The molecule has 174 valence electrons. The summed E-state index contributed by atoms with van der Waals surface area (Å²) in [5, 5.41) is 12.1. The third-order valence-corrected chi connectivity index (χ3v) is 5.87. The third-order valence-electron chi connectivity index (χ3n) is 5.06. The van der Waals surface area contributed by atoms with Crippen LogP contribution in [0.15, 0.2) is 60.2 Å². The van der Waals surface area contributed by atoms with Crippen LogP contribution in [0.1, 0.15) is 29.2 Å². The third kappa shape index (κ3) is 6.58. The number of carbonyl (C=O) groups excluding carboxylic acids is 1. The standard InChI is InChI=1S/C27H24FIN2O3/c1-4-33-25-14-20(12-21(15-30)27(32)31-23-9-7-22(28)8-10-23)13-24(29)26(25)34-16-19-6-5-17(2)18(3)11-19/h5-14H,4,16H2,1-3H3,(H,31,32)/b21-12+. The van der Waals surface area contributed by atoms with Gasteiger partial charge in [0.1, 0.15) is 24.1 Å². The summed E-state index contributed by atoms with van der Waals surface area (Å²) < 4.78 is 25.8. The topological polar surface area (TPSA) is 71.3 Å². The van der Waals surface area contributed by atoms with Crippen LogP contribution < -0.4 is 14.8 Å². The molecule has 0 aromatic heterocycles. The number of hydrogen-bond acceptors (Lipinski definition) is 4. The number of ether oxygens (including phenoxy) is 2. The zero-order valence-electron chi connectivity index (χ0n) is 19.1. The van der Waals surface area contributed by atoms with E-state index < -0.39 is 11.7 Å². The Balaban J connectivity index is 1.84. The first-order valence-electron chi connectivity index (χ1n) is 10.6. The lowest BCUT2D eigenvalue weighted by atomic mass is 10.1. The molecule has 1 N–H and O–H groups in total. The van der Waals surface area contributed by atoms with Gasteiger partial charge in [0.2, 0.25) is 0 Å². The Labute approximate surface area is 212 Å². The van der Waals surface area contributed by atoms with E-state index in [9.17, 15) is 14.4 Å². The quantitative estimate of drug-likeness (QED) is 0.189. The molecular formula is C27H24FIN2O3. The predicted octanol–water partition coefficient (Wildman–Crippen LogP) is 6.57. The second-order valence-corrected chi connectivity index (χ2v) is 8.76. The number of nitrogens with one attached hydrogen (secondary N) is 1. The average Bonchev–Trinajstić information content (AvgIpc) is 2.80. The minimum Gasteiger partial charge on any atom is -0.490 e. The van der Waals surface area contributed by atoms with Crippen LogP contribution >= 0.6 is 22.6 Å². The molecule has 0 aliphatic rings. The van der Waals surface area contributed by atoms with Crippen LogP contribution in [-0.2, 0) is 11.4 Å². The van der Waals surface area contributed by atoms with Gasteiger partial charge < -0.3 is 14.8 Å². The van der Waals surface area contributed by atoms with Crippen LogP contribution in [0.3, 0.4) is 0 Å². The molecule has 1 amide bonds. The fourth-order valence-electron chi connectivity index (χ4n) is 3.17.